The summed E-state index contributed by atoms with van der Waals surface area (Å²) >= 11 is 7.71. The number of anilines is 1. The number of carbonyl (C=O) groups is 2. The highest BCUT2D eigenvalue weighted by molar-refractivity contribution is 7.99. The number of halogens is 1. The van der Waals surface area contributed by atoms with Crippen LogP contribution in [0.25, 0.3) is 0 Å². The Morgan fingerprint density at radius 1 is 0.885 bits per heavy atom. The Labute approximate surface area is 160 Å². The van der Waals surface area contributed by atoms with Crippen LogP contribution in [0.4, 0.5) is 5.69 Å². The third-order valence-electron chi connectivity index (χ3n) is 3.59. The maximum atomic E-state index is 12.3. The summed E-state index contributed by atoms with van der Waals surface area (Å²) in [4.78, 5) is 25.5. The fourth-order valence-electron chi connectivity index (χ4n) is 2.28. The average Bonchev–Trinajstić information content (AvgIpc) is 2.65. The second-order valence-corrected chi connectivity index (χ2v) is 6.98. The van der Waals surface area contributed by atoms with Crippen molar-refractivity contribution in [3.05, 3.63) is 88.9 Å². The monoisotopic (exact) mass is 382 g/mol. The topological polar surface area (TPSA) is 72.2 Å². The predicted octanol–water partition coefficient (Wildman–Crippen LogP) is 4.84. The minimum absolute atomic E-state index is 0.295. The van der Waals surface area contributed by atoms with E-state index >= 15 is 0 Å². The van der Waals surface area contributed by atoms with Gasteiger partial charge in [0.1, 0.15) is 0 Å². The molecular weight excluding hydrogens is 368 g/mol. The lowest BCUT2D eigenvalue weighted by Crippen LogP contribution is -2.15. The zero-order chi connectivity index (χ0) is 18.5. The van der Waals surface area contributed by atoms with Crippen molar-refractivity contribution >= 4 is 40.9 Å². The molecule has 3 rings (SSSR count). The molecular formula is C20H15ClN2O2S. The molecule has 0 bridgehead atoms. The SMILES string of the molecule is NC(=O)c1cccc(C(=O)Nc2ccc(Sc3ccccc3Cl)cc2)c1. The van der Waals surface area contributed by atoms with Crippen molar-refractivity contribution < 1.29 is 9.59 Å². The Bertz CT molecular complexity index is 958. The van der Waals surface area contributed by atoms with Gasteiger partial charge in [0.15, 0.2) is 0 Å². The molecule has 26 heavy (non-hydrogen) atoms. The number of nitrogens with two attached hydrogens (primary N) is 1. The van der Waals surface area contributed by atoms with Crippen LogP contribution in [0.3, 0.4) is 0 Å². The van der Waals surface area contributed by atoms with E-state index in [0.29, 0.717) is 21.8 Å². The van der Waals surface area contributed by atoms with Gasteiger partial charge >= 0.3 is 0 Å². The number of benzene rings is 3. The van der Waals surface area contributed by atoms with Crippen LogP contribution in [0.15, 0.2) is 82.6 Å². The first-order chi connectivity index (χ1) is 12.5. The van der Waals surface area contributed by atoms with Gasteiger partial charge in [0.25, 0.3) is 5.91 Å². The molecule has 130 valence electrons. The number of hydrogen-bond donors (Lipinski definition) is 2. The maximum absolute atomic E-state index is 12.3. The van der Waals surface area contributed by atoms with E-state index in [0.717, 1.165) is 9.79 Å². The molecule has 0 unspecified atom stereocenters. The zero-order valence-corrected chi connectivity index (χ0v) is 15.2. The third kappa shape index (κ3) is 4.45. The summed E-state index contributed by atoms with van der Waals surface area (Å²) in [6.45, 7) is 0. The quantitative estimate of drug-likeness (QED) is 0.663. The highest BCUT2D eigenvalue weighted by Crippen LogP contribution is 2.33. The maximum Gasteiger partial charge on any atom is 0.255 e. The van der Waals surface area contributed by atoms with Gasteiger partial charge in [-0.1, -0.05) is 41.6 Å². The van der Waals surface area contributed by atoms with Gasteiger partial charge in [0.05, 0.1) is 5.02 Å². The molecule has 0 aliphatic rings. The first-order valence-electron chi connectivity index (χ1n) is 7.76. The van der Waals surface area contributed by atoms with E-state index < -0.39 is 5.91 Å². The smallest absolute Gasteiger partial charge is 0.255 e. The van der Waals surface area contributed by atoms with Gasteiger partial charge in [-0.15, -0.1) is 0 Å². The van der Waals surface area contributed by atoms with Crippen LogP contribution in [-0.4, -0.2) is 11.8 Å². The van der Waals surface area contributed by atoms with Crippen LogP contribution in [0, 0.1) is 0 Å². The second-order valence-electron chi connectivity index (χ2n) is 5.46. The van der Waals surface area contributed by atoms with Gasteiger partial charge in [-0.3, -0.25) is 9.59 Å². The number of rotatable bonds is 5. The summed E-state index contributed by atoms with van der Waals surface area (Å²) in [6.07, 6.45) is 0. The Morgan fingerprint density at radius 3 is 2.27 bits per heavy atom. The molecule has 0 aromatic heterocycles. The number of primary amides is 1. The van der Waals surface area contributed by atoms with Gasteiger partial charge in [-0.25, -0.2) is 0 Å². The Hall–Kier alpha value is -2.76. The van der Waals surface area contributed by atoms with E-state index in [2.05, 4.69) is 5.32 Å². The van der Waals surface area contributed by atoms with Crippen LogP contribution >= 0.6 is 23.4 Å². The fourth-order valence-corrected chi connectivity index (χ4v) is 3.37. The van der Waals surface area contributed by atoms with Crippen molar-refractivity contribution in [3.63, 3.8) is 0 Å². The fraction of sp³-hybridized carbons (Fsp3) is 0. The molecule has 0 aliphatic carbocycles. The highest BCUT2D eigenvalue weighted by atomic mass is 35.5. The molecule has 3 aromatic rings. The largest absolute Gasteiger partial charge is 0.366 e. The van der Waals surface area contributed by atoms with Crippen LogP contribution in [0.5, 0.6) is 0 Å². The number of nitrogens with one attached hydrogen (secondary N) is 1. The lowest BCUT2D eigenvalue weighted by atomic mass is 10.1. The summed E-state index contributed by atoms with van der Waals surface area (Å²) in [5.41, 5.74) is 6.57. The van der Waals surface area contributed by atoms with Gasteiger partial charge in [0, 0.05) is 26.6 Å². The van der Waals surface area contributed by atoms with Crippen LogP contribution in [-0.2, 0) is 0 Å². The van der Waals surface area contributed by atoms with E-state index in [9.17, 15) is 9.59 Å². The van der Waals surface area contributed by atoms with Crippen LogP contribution in [0.1, 0.15) is 20.7 Å². The highest BCUT2D eigenvalue weighted by Gasteiger charge is 2.09. The van der Waals surface area contributed by atoms with Gasteiger partial charge in [0.2, 0.25) is 5.91 Å². The molecule has 3 N–H and O–H groups in total. The second kappa shape index (κ2) is 8.08. The van der Waals surface area contributed by atoms with Crippen molar-refractivity contribution in [2.45, 2.75) is 9.79 Å². The molecule has 0 aliphatic heterocycles. The van der Waals surface area contributed by atoms with Crippen LogP contribution < -0.4 is 11.1 Å². The van der Waals surface area contributed by atoms with Gasteiger partial charge in [-0.2, -0.15) is 0 Å². The molecule has 0 saturated heterocycles. The molecule has 3 aromatic carbocycles. The molecule has 0 saturated carbocycles. The number of amides is 2. The predicted molar refractivity (Wildman–Crippen MR) is 105 cm³/mol. The van der Waals surface area contributed by atoms with Crippen molar-refractivity contribution in [2.75, 3.05) is 5.32 Å². The summed E-state index contributed by atoms with van der Waals surface area (Å²) in [6, 6.07) is 21.4. The summed E-state index contributed by atoms with van der Waals surface area (Å²) < 4.78 is 0. The molecule has 0 atom stereocenters. The van der Waals surface area contributed by atoms with Crippen LogP contribution in [0.2, 0.25) is 5.02 Å². The van der Waals surface area contributed by atoms with Crippen molar-refractivity contribution in [3.8, 4) is 0 Å². The number of carbonyl (C=O) groups excluding carboxylic acids is 2. The average molecular weight is 383 g/mol. The first kappa shape index (κ1) is 18.0. The molecule has 0 radical (unpaired) electrons. The molecule has 4 nitrogen and oxygen atoms in total. The van der Waals surface area contributed by atoms with Crippen molar-refractivity contribution in [1.82, 2.24) is 0 Å². The van der Waals surface area contributed by atoms with E-state index in [4.69, 9.17) is 17.3 Å². The molecule has 0 heterocycles. The third-order valence-corrected chi connectivity index (χ3v) is 5.11. The first-order valence-corrected chi connectivity index (χ1v) is 8.96. The van der Waals surface area contributed by atoms with Gasteiger partial charge < -0.3 is 11.1 Å². The lowest BCUT2D eigenvalue weighted by molar-refractivity contribution is 0.1000. The minimum Gasteiger partial charge on any atom is -0.366 e. The number of hydrogen-bond acceptors (Lipinski definition) is 3. The van der Waals surface area contributed by atoms with Crippen molar-refractivity contribution in [1.29, 1.82) is 0 Å². The molecule has 2 amide bonds. The summed E-state index contributed by atoms with van der Waals surface area (Å²) in [5, 5.41) is 3.50. The van der Waals surface area contributed by atoms with E-state index in [1.165, 1.54) is 6.07 Å². The molecule has 0 spiro atoms. The van der Waals surface area contributed by atoms with Gasteiger partial charge in [-0.05, 0) is 54.6 Å². The minimum atomic E-state index is -0.569. The zero-order valence-electron chi connectivity index (χ0n) is 13.6. The molecule has 0 fully saturated rings. The Kier molecular flexibility index (Phi) is 5.61. The Balaban J connectivity index is 1.69. The molecule has 6 heteroatoms. The summed E-state index contributed by atoms with van der Waals surface area (Å²) in [7, 11) is 0. The van der Waals surface area contributed by atoms with E-state index in [1.54, 1.807) is 30.0 Å². The van der Waals surface area contributed by atoms with E-state index in [1.807, 2.05) is 48.5 Å². The summed E-state index contributed by atoms with van der Waals surface area (Å²) in [5.74, 6) is -0.875. The van der Waals surface area contributed by atoms with E-state index in [-0.39, 0.29) is 5.91 Å². The normalized spacial score (nSPS) is 10.3. The van der Waals surface area contributed by atoms with Crippen molar-refractivity contribution in [2.24, 2.45) is 5.73 Å². The lowest BCUT2D eigenvalue weighted by Gasteiger charge is -2.08. The Morgan fingerprint density at radius 2 is 1.58 bits per heavy atom. The standard InChI is InChI=1S/C20H15ClN2O2S/c21-17-6-1-2-7-18(17)26-16-10-8-15(9-11-16)23-20(25)14-5-3-4-13(12-14)19(22)24/h1-12H,(H2,22,24)(H,23,25).